The first-order valence-electron chi connectivity index (χ1n) is 7.52. The Kier molecular flexibility index (Phi) is 6.33. The van der Waals surface area contributed by atoms with Crippen LogP contribution in [-0.2, 0) is 16.1 Å². The molecule has 0 aliphatic carbocycles. The number of nitrogens with one attached hydrogen (secondary N) is 1. The van der Waals surface area contributed by atoms with E-state index in [9.17, 15) is 14.0 Å². The highest BCUT2D eigenvalue weighted by atomic mass is 19.1. The molecule has 0 aliphatic heterocycles. The van der Waals surface area contributed by atoms with Gasteiger partial charge in [0.2, 0.25) is 0 Å². The third-order valence-electron chi connectivity index (χ3n) is 3.45. The van der Waals surface area contributed by atoms with Crippen LogP contribution < -0.4 is 10.1 Å². The van der Waals surface area contributed by atoms with Crippen molar-refractivity contribution >= 4 is 12.1 Å². The Morgan fingerprint density at radius 1 is 1.20 bits per heavy atom. The zero-order valence-electron chi connectivity index (χ0n) is 13.6. The molecule has 2 N–H and O–H groups in total. The van der Waals surface area contributed by atoms with E-state index in [0.29, 0.717) is 0 Å². The van der Waals surface area contributed by atoms with Crippen molar-refractivity contribution in [1.29, 1.82) is 0 Å². The Balaban J connectivity index is 2.11. The van der Waals surface area contributed by atoms with Gasteiger partial charge in [-0.3, -0.25) is 4.79 Å². The molecule has 25 heavy (non-hydrogen) atoms. The number of carbonyl (C=O) groups excluding carboxylic acids is 1. The van der Waals surface area contributed by atoms with Crippen LogP contribution in [-0.4, -0.2) is 24.3 Å². The minimum Gasteiger partial charge on any atom is -0.496 e. The monoisotopic (exact) mass is 347 g/mol. The summed E-state index contributed by atoms with van der Waals surface area (Å²) in [5, 5.41) is 11.5. The lowest BCUT2D eigenvalue weighted by Gasteiger charge is -2.19. The molecular formula is C18H18FNO5. The van der Waals surface area contributed by atoms with Gasteiger partial charge in [0, 0.05) is 5.56 Å². The van der Waals surface area contributed by atoms with Gasteiger partial charge in [-0.05, 0) is 23.8 Å². The molecule has 0 radical (unpaired) electrons. The summed E-state index contributed by atoms with van der Waals surface area (Å²) in [6, 6.07) is 11.7. The maximum absolute atomic E-state index is 13.5. The summed E-state index contributed by atoms with van der Waals surface area (Å²) in [4.78, 5) is 23.1. The lowest BCUT2D eigenvalue weighted by atomic mass is 10.0. The number of hydrogen-bond acceptors (Lipinski definition) is 4. The Bertz CT molecular complexity index is 736. The maximum atomic E-state index is 13.5. The van der Waals surface area contributed by atoms with Crippen molar-refractivity contribution in [3.05, 3.63) is 65.5 Å². The van der Waals surface area contributed by atoms with Gasteiger partial charge in [-0.25, -0.2) is 9.18 Å². The van der Waals surface area contributed by atoms with Gasteiger partial charge in [0.1, 0.15) is 18.2 Å². The number of carbonyl (C=O) groups is 2. The Labute approximate surface area is 144 Å². The summed E-state index contributed by atoms with van der Waals surface area (Å²) in [7, 11) is 1.38. The number of amides is 1. The molecule has 1 atom stereocenters. The van der Waals surface area contributed by atoms with E-state index in [-0.39, 0.29) is 17.9 Å². The number of alkyl carbamates (subject to hydrolysis) is 1. The number of carboxylic acid groups (broad SMARTS) is 1. The second kappa shape index (κ2) is 8.68. The zero-order chi connectivity index (χ0) is 18.2. The lowest BCUT2D eigenvalue weighted by Crippen LogP contribution is -2.31. The van der Waals surface area contributed by atoms with E-state index in [1.807, 2.05) is 6.07 Å². The largest absolute Gasteiger partial charge is 0.496 e. The molecule has 0 fully saturated rings. The quantitative estimate of drug-likeness (QED) is 0.803. The average molecular weight is 347 g/mol. The van der Waals surface area contributed by atoms with Crippen LogP contribution in [0.3, 0.4) is 0 Å². The number of methoxy groups -OCH3 is 1. The molecule has 132 valence electrons. The smallest absolute Gasteiger partial charge is 0.407 e. The van der Waals surface area contributed by atoms with Crippen LogP contribution in [0.1, 0.15) is 23.6 Å². The zero-order valence-corrected chi connectivity index (χ0v) is 13.6. The van der Waals surface area contributed by atoms with Crippen LogP contribution in [0.15, 0.2) is 48.5 Å². The summed E-state index contributed by atoms with van der Waals surface area (Å²) >= 11 is 0. The minimum absolute atomic E-state index is 0.0345. The van der Waals surface area contributed by atoms with Crippen LogP contribution >= 0.6 is 0 Å². The van der Waals surface area contributed by atoms with E-state index in [1.54, 1.807) is 24.3 Å². The molecule has 0 aliphatic rings. The number of hydrogen-bond donors (Lipinski definition) is 2. The molecule has 2 aromatic rings. The number of benzene rings is 2. The second-order valence-electron chi connectivity index (χ2n) is 5.24. The van der Waals surface area contributed by atoms with E-state index in [1.165, 1.54) is 19.2 Å². The molecule has 0 spiro atoms. The van der Waals surface area contributed by atoms with Crippen LogP contribution in [0.2, 0.25) is 0 Å². The van der Waals surface area contributed by atoms with Gasteiger partial charge in [0.25, 0.3) is 0 Å². The highest BCUT2D eigenvalue weighted by Gasteiger charge is 2.23. The number of carboxylic acids is 1. The SMILES string of the molecule is COc1ccc(F)cc1[C@@H](CC(=O)O)NC(=O)OCc1ccccc1. The topological polar surface area (TPSA) is 84.9 Å². The summed E-state index contributed by atoms with van der Waals surface area (Å²) in [5.41, 5.74) is 1.01. The Morgan fingerprint density at radius 2 is 1.92 bits per heavy atom. The molecule has 0 saturated heterocycles. The summed E-state index contributed by atoms with van der Waals surface area (Å²) in [6.45, 7) is 0.0345. The van der Waals surface area contributed by atoms with Gasteiger partial charge in [-0.2, -0.15) is 0 Å². The predicted octanol–water partition coefficient (Wildman–Crippen LogP) is 3.28. The summed E-state index contributed by atoms with van der Waals surface area (Å²) in [6.07, 6.45) is -1.25. The molecule has 2 aromatic carbocycles. The molecule has 7 heteroatoms. The maximum Gasteiger partial charge on any atom is 0.407 e. The van der Waals surface area contributed by atoms with Gasteiger partial charge in [-0.1, -0.05) is 30.3 Å². The van der Waals surface area contributed by atoms with Crippen molar-refractivity contribution in [2.75, 3.05) is 7.11 Å². The lowest BCUT2D eigenvalue weighted by molar-refractivity contribution is -0.137. The van der Waals surface area contributed by atoms with E-state index in [0.717, 1.165) is 11.6 Å². The van der Waals surface area contributed by atoms with Crippen molar-refractivity contribution in [3.63, 3.8) is 0 Å². The van der Waals surface area contributed by atoms with Crippen LogP contribution in [0.25, 0.3) is 0 Å². The van der Waals surface area contributed by atoms with Gasteiger partial charge in [0.05, 0.1) is 19.6 Å². The fraction of sp³-hybridized carbons (Fsp3) is 0.222. The molecule has 2 rings (SSSR count). The highest BCUT2D eigenvalue weighted by Crippen LogP contribution is 2.28. The van der Waals surface area contributed by atoms with E-state index < -0.39 is 30.3 Å². The number of rotatable bonds is 7. The van der Waals surface area contributed by atoms with Gasteiger partial charge in [0.15, 0.2) is 0 Å². The van der Waals surface area contributed by atoms with E-state index in [2.05, 4.69) is 5.32 Å². The van der Waals surface area contributed by atoms with Crippen molar-refractivity contribution in [2.45, 2.75) is 19.1 Å². The van der Waals surface area contributed by atoms with Crippen LogP contribution in [0.4, 0.5) is 9.18 Å². The summed E-state index contributed by atoms with van der Waals surface area (Å²) < 4.78 is 23.8. The molecule has 0 saturated carbocycles. The van der Waals surface area contributed by atoms with Crippen LogP contribution in [0.5, 0.6) is 5.75 Å². The fourth-order valence-corrected chi connectivity index (χ4v) is 2.30. The molecule has 0 heterocycles. The van der Waals surface area contributed by atoms with Crippen LogP contribution in [0, 0.1) is 5.82 Å². The first kappa shape index (κ1) is 18.3. The predicted molar refractivity (Wildman–Crippen MR) is 87.7 cm³/mol. The first-order chi connectivity index (χ1) is 12.0. The minimum atomic E-state index is -1.15. The standard InChI is InChI=1S/C18H18FNO5/c1-24-16-8-7-13(19)9-14(16)15(10-17(21)22)20-18(23)25-11-12-5-3-2-4-6-12/h2-9,15H,10-11H2,1H3,(H,20,23)(H,21,22)/t15-/m1/s1. The van der Waals surface area contributed by atoms with Crippen molar-refractivity contribution in [1.82, 2.24) is 5.32 Å². The second-order valence-corrected chi connectivity index (χ2v) is 5.24. The molecule has 0 unspecified atom stereocenters. The highest BCUT2D eigenvalue weighted by molar-refractivity contribution is 5.72. The van der Waals surface area contributed by atoms with E-state index in [4.69, 9.17) is 14.6 Å². The number of aliphatic carboxylic acids is 1. The number of ether oxygens (including phenoxy) is 2. The third-order valence-corrected chi connectivity index (χ3v) is 3.45. The first-order valence-corrected chi connectivity index (χ1v) is 7.52. The molecule has 1 amide bonds. The van der Waals surface area contributed by atoms with Crippen molar-refractivity contribution in [3.8, 4) is 5.75 Å². The Hall–Kier alpha value is -3.09. The molecule has 0 bridgehead atoms. The van der Waals surface area contributed by atoms with Gasteiger partial charge < -0.3 is 19.9 Å². The third kappa shape index (κ3) is 5.49. The summed E-state index contributed by atoms with van der Waals surface area (Å²) in [5.74, 6) is -1.44. The molecular weight excluding hydrogens is 329 g/mol. The molecule has 0 aromatic heterocycles. The Morgan fingerprint density at radius 3 is 2.56 bits per heavy atom. The number of halogens is 1. The fourth-order valence-electron chi connectivity index (χ4n) is 2.30. The average Bonchev–Trinajstić information content (AvgIpc) is 2.60. The van der Waals surface area contributed by atoms with Gasteiger partial charge >= 0.3 is 12.1 Å². The van der Waals surface area contributed by atoms with Gasteiger partial charge in [-0.15, -0.1) is 0 Å². The van der Waals surface area contributed by atoms with E-state index >= 15 is 0 Å². The normalized spacial score (nSPS) is 11.4. The molecule has 6 nitrogen and oxygen atoms in total. The van der Waals surface area contributed by atoms with Crippen molar-refractivity contribution < 1.29 is 28.6 Å². The van der Waals surface area contributed by atoms with Crippen molar-refractivity contribution in [2.24, 2.45) is 0 Å².